The van der Waals surface area contributed by atoms with Crippen molar-refractivity contribution in [3.8, 4) is 0 Å². The lowest BCUT2D eigenvalue weighted by Crippen LogP contribution is -2.47. The molecule has 130 valence electrons. The van der Waals surface area contributed by atoms with Gasteiger partial charge in [0.1, 0.15) is 24.8 Å². The van der Waals surface area contributed by atoms with E-state index >= 15 is 0 Å². The number of nitrogens with zero attached hydrogens (tertiary/aromatic N) is 3. The summed E-state index contributed by atoms with van der Waals surface area (Å²) in [5.74, 6) is -0.558. The molecule has 0 aliphatic rings. The molecule has 5 nitrogen and oxygen atoms in total. The van der Waals surface area contributed by atoms with Crippen LogP contribution in [0.3, 0.4) is 0 Å². The largest absolute Gasteiger partial charge is 0.387 e. The molecule has 24 heavy (non-hydrogen) atoms. The molecule has 0 radical (unpaired) electrons. The third-order valence-electron chi connectivity index (χ3n) is 3.41. The Labute approximate surface area is 163 Å². The molecule has 3 unspecified atom stereocenters. The molecule has 0 saturated carbocycles. The molecule has 0 aliphatic carbocycles. The van der Waals surface area contributed by atoms with Crippen LogP contribution in [0.1, 0.15) is 23.3 Å². The maximum Gasteiger partial charge on any atom is 0.191 e. The zero-order chi connectivity index (χ0) is 18.1. The number of Topliss-reactive ketones (excluding diaryl/α,β-unsaturated/α-hetero) is 1. The van der Waals surface area contributed by atoms with Crippen molar-refractivity contribution in [1.29, 1.82) is 0 Å². The minimum absolute atomic E-state index is 0.124. The fourth-order valence-corrected chi connectivity index (χ4v) is 2.93. The van der Waals surface area contributed by atoms with Crippen molar-refractivity contribution in [1.82, 2.24) is 14.8 Å². The molecule has 0 bridgehead atoms. The SMILES string of the molecule is CC(Cl)C(Cl)(Cl)C(O)C(C(=O)c1ccc(Cl)cc1Cl)n1cncn1. The average molecular weight is 432 g/mol. The van der Waals surface area contributed by atoms with E-state index in [1.807, 2.05) is 0 Å². The van der Waals surface area contributed by atoms with Gasteiger partial charge in [-0.25, -0.2) is 9.67 Å². The van der Waals surface area contributed by atoms with Gasteiger partial charge in [-0.05, 0) is 25.1 Å². The van der Waals surface area contributed by atoms with E-state index in [0.717, 1.165) is 4.68 Å². The highest BCUT2D eigenvalue weighted by Crippen LogP contribution is 2.39. The number of aromatic nitrogens is 3. The maximum absolute atomic E-state index is 12.9. The average Bonchev–Trinajstić information content (AvgIpc) is 3.00. The highest BCUT2D eigenvalue weighted by atomic mass is 35.5. The Bertz CT molecular complexity index is 721. The minimum atomic E-state index is -1.81. The van der Waals surface area contributed by atoms with Gasteiger partial charge >= 0.3 is 0 Å². The van der Waals surface area contributed by atoms with Gasteiger partial charge in [0, 0.05) is 10.6 Å². The molecular formula is C14H12Cl5N3O2. The van der Waals surface area contributed by atoms with E-state index < -0.39 is 27.6 Å². The topological polar surface area (TPSA) is 68.0 Å². The monoisotopic (exact) mass is 429 g/mol. The molecule has 0 aliphatic heterocycles. The first-order valence-corrected chi connectivity index (χ1v) is 8.64. The van der Waals surface area contributed by atoms with Crippen LogP contribution in [0.15, 0.2) is 30.9 Å². The molecule has 1 aromatic heterocycles. The van der Waals surface area contributed by atoms with Crippen LogP contribution in [-0.4, -0.2) is 41.5 Å². The van der Waals surface area contributed by atoms with E-state index in [4.69, 9.17) is 58.0 Å². The predicted octanol–water partition coefficient (Wildman–Crippen LogP) is 4.17. The van der Waals surface area contributed by atoms with Crippen LogP contribution in [-0.2, 0) is 0 Å². The standard InChI is InChI=1S/C14H12Cl5N3O2/c1-7(15)14(18,19)13(24)11(22-6-20-5-21-22)12(23)9-3-2-8(16)4-10(9)17/h2-7,11,13,24H,1H3. The summed E-state index contributed by atoms with van der Waals surface area (Å²) in [6.45, 7) is 1.50. The van der Waals surface area contributed by atoms with Crippen LogP contribution in [0.2, 0.25) is 10.0 Å². The van der Waals surface area contributed by atoms with E-state index in [1.165, 1.54) is 37.8 Å². The van der Waals surface area contributed by atoms with E-state index in [0.29, 0.717) is 5.02 Å². The Morgan fingerprint density at radius 3 is 2.50 bits per heavy atom. The molecular weight excluding hydrogens is 419 g/mol. The third-order valence-corrected chi connectivity index (χ3v) is 5.63. The second-order valence-corrected chi connectivity index (χ2v) is 7.99. The van der Waals surface area contributed by atoms with Gasteiger partial charge in [-0.1, -0.05) is 46.4 Å². The van der Waals surface area contributed by atoms with Crippen molar-refractivity contribution in [2.24, 2.45) is 0 Å². The summed E-state index contributed by atoms with van der Waals surface area (Å²) in [6.07, 6.45) is 0.901. The van der Waals surface area contributed by atoms with Crippen molar-refractivity contribution in [2.45, 2.75) is 28.8 Å². The van der Waals surface area contributed by atoms with Gasteiger partial charge in [0.25, 0.3) is 0 Å². The highest BCUT2D eigenvalue weighted by molar-refractivity contribution is 6.53. The van der Waals surface area contributed by atoms with Gasteiger partial charge in [-0.15, -0.1) is 11.6 Å². The van der Waals surface area contributed by atoms with Crippen LogP contribution in [0.25, 0.3) is 0 Å². The smallest absolute Gasteiger partial charge is 0.191 e. The Kier molecular flexibility index (Phi) is 6.40. The van der Waals surface area contributed by atoms with E-state index in [2.05, 4.69) is 10.1 Å². The number of alkyl halides is 3. The van der Waals surface area contributed by atoms with Crippen LogP contribution in [0.4, 0.5) is 0 Å². The lowest BCUT2D eigenvalue weighted by molar-refractivity contribution is 0.0620. The summed E-state index contributed by atoms with van der Waals surface area (Å²) in [6, 6.07) is 3.09. The molecule has 1 aromatic carbocycles. The maximum atomic E-state index is 12.9. The van der Waals surface area contributed by atoms with Crippen molar-refractivity contribution >= 4 is 63.8 Å². The van der Waals surface area contributed by atoms with E-state index in [1.54, 1.807) is 0 Å². The summed E-state index contributed by atoms with van der Waals surface area (Å²) in [5, 5.41) is 14.2. The number of benzene rings is 1. The summed E-state index contributed by atoms with van der Waals surface area (Å²) in [4.78, 5) is 16.7. The summed E-state index contributed by atoms with van der Waals surface area (Å²) >= 11 is 30.2. The van der Waals surface area contributed by atoms with Crippen LogP contribution in [0, 0.1) is 0 Å². The van der Waals surface area contributed by atoms with Crippen LogP contribution in [0.5, 0.6) is 0 Å². The quantitative estimate of drug-likeness (QED) is 0.551. The number of aliphatic hydroxyl groups excluding tert-OH is 1. The number of ketones is 1. The molecule has 2 rings (SSSR count). The second-order valence-electron chi connectivity index (χ2n) is 5.04. The number of aliphatic hydroxyl groups is 1. The van der Waals surface area contributed by atoms with Crippen LogP contribution >= 0.6 is 58.0 Å². The molecule has 1 heterocycles. The number of carbonyl (C=O) groups excluding carboxylic acids is 1. The third kappa shape index (κ3) is 3.98. The van der Waals surface area contributed by atoms with E-state index in [-0.39, 0.29) is 10.6 Å². The fraction of sp³-hybridized carbons (Fsp3) is 0.357. The highest BCUT2D eigenvalue weighted by Gasteiger charge is 2.47. The lowest BCUT2D eigenvalue weighted by atomic mass is 9.96. The first-order valence-electron chi connectivity index (χ1n) is 6.69. The fourth-order valence-electron chi connectivity index (χ4n) is 2.06. The Hall–Kier alpha value is -0.560. The molecule has 0 fully saturated rings. The van der Waals surface area contributed by atoms with Gasteiger partial charge in [0.15, 0.2) is 10.1 Å². The van der Waals surface area contributed by atoms with Crippen molar-refractivity contribution < 1.29 is 9.90 Å². The number of hydrogen-bond acceptors (Lipinski definition) is 4. The normalized spacial score (nSPS) is 15.8. The molecule has 0 amide bonds. The van der Waals surface area contributed by atoms with Gasteiger partial charge in [-0.2, -0.15) is 5.10 Å². The Morgan fingerprint density at radius 2 is 2.00 bits per heavy atom. The zero-order valence-corrected chi connectivity index (χ0v) is 16.0. The zero-order valence-electron chi connectivity index (χ0n) is 12.2. The second kappa shape index (κ2) is 7.77. The molecule has 3 atom stereocenters. The van der Waals surface area contributed by atoms with Gasteiger partial charge in [-0.3, -0.25) is 4.79 Å². The predicted molar refractivity (Wildman–Crippen MR) is 95.6 cm³/mol. The number of halogens is 5. The van der Waals surface area contributed by atoms with Gasteiger partial charge in [0.05, 0.1) is 10.4 Å². The molecule has 2 aromatic rings. The molecule has 10 heteroatoms. The molecule has 1 N–H and O–H groups in total. The summed E-state index contributed by atoms with van der Waals surface area (Å²) < 4.78 is -0.663. The number of carbonyl (C=O) groups is 1. The van der Waals surface area contributed by atoms with Gasteiger partial charge in [0.2, 0.25) is 0 Å². The van der Waals surface area contributed by atoms with Gasteiger partial charge < -0.3 is 5.11 Å². The minimum Gasteiger partial charge on any atom is -0.387 e. The number of hydrogen-bond donors (Lipinski definition) is 1. The first-order chi connectivity index (χ1) is 11.2. The first kappa shape index (κ1) is 19.8. The summed E-state index contributed by atoms with van der Waals surface area (Å²) in [5.41, 5.74) is 0.131. The number of rotatable bonds is 6. The van der Waals surface area contributed by atoms with Crippen LogP contribution < -0.4 is 0 Å². The van der Waals surface area contributed by atoms with Crippen molar-refractivity contribution in [3.63, 3.8) is 0 Å². The molecule has 0 saturated heterocycles. The Balaban J connectivity index is 2.49. The Morgan fingerprint density at radius 1 is 1.33 bits per heavy atom. The summed E-state index contributed by atoms with van der Waals surface area (Å²) in [7, 11) is 0. The van der Waals surface area contributed by atoms with Crippen molar-refractivity contribution in [3.05, 3.63) is 46.5 Å². The lowest BCUT2D eigenvalue weighted by Gasteiger charge is -2.33. The van der Waals surface area contributed by atoms with E-state index in [9.17, 15) is 9.90 Å². The van der Waals surface area contributed by atoms with Crippen molar-refractivity contribution in [2.75, 3.05) is 0 Å². The molecule has 0 spiro atoms.